The van der Waals surface area contributed by atoms with E-state index in [4.69, 9.17) is 4.74 Å². The smallest absolute Gasteiger partial charge is 0.123 e. The van der Waals surface area contributed by atoms with Gasteiger partial charge < -0.3 is 10.1 Å². The van der Waals surface area contributed by atoms with Crippen molar-refractivity contribution in [3.8, 4) is 0 Å². The Balaban J connectivity index is 1.66. The molecule has 1 atom stereocenters. The number of pyridine rings is 1. The Hall–Kier alpha value is -1.78. The Morgan fingerprint density at radius 2 is 2.22 bits per heavy atom. The molecule has 1 saturated heterocycles. The first-order valence-electron chi connectivity index (χ1n) is 8.20. The number of rotatable bonds is 6. The van der Waals surface area contributed by atoms with Crippen LogP contribution in [0.15, 0.2) is 42.6 Å². The van der Waals surface area contributed by atoms with Gasteiger partial charge >= 0.3 is 0 Å². The van der Waals surface area contributed by atoms with Gasteiger partial charge in [0.2, 0.25) is 0 Å². The zero-order chi connectivity index (χ0) is 16.1. The number of nitrogens with one attached hydrogen (secondary N) is 1. The maximum atomic E-state index is 13.6. The second kappa shape index (κ2) is 7.20. The zero-order valence-corrected chi connectivity index (χ0v) is 13.5. The van der Waals surface area contributed by atoms with Crippen molar-refractivity contribution in [2.75, 3.05) is 19.8 Å². The van der Waals surface area contributed by atoms with Crippen LogP contribution in [0.4, 0.5) is 4.39 Å². The molecule has 122 valence electrons. The summed E-state index contributed by atoms with van der Waals surface area (Å²) < 4.78 is 19.2. The molecule has 4 heteroatoms. The van der Waals surface area contributed by atoms with Crippen molar-refractivity contribution in [2.45, 2.75) is 31.7 Å². The van der Waals surface area contributed by atoms with Gasteiger partial charge in [-0.15, -0.1) is 0 Å². The third-order valence-corrected chi connectivity index (χ3v) is 4.60. The van der Waals surface area contributed by atoms with Crippen molar-refractivity contribution in [3.63, 3.8) is 0 Å². The molecule has 0 aliphatic carbocycles. The summed E-state index contributed by atoms with van der Waals surface area (Å²) in [4.78, 5) is 4.47. The van der Waals surface area contributed by atoms with Gasteiger partial charge in [0.05, 0.1) is 12.3 Å². The van der Waals surface area contributed by atoms with Crippen LogP contribution in [0.2, 0.25) is 0 Å². The number of aryl methyl sites for hydroxylation is 1. The van der Waals surface area contributed by atoms with E-state index in [-0.39, 0.29) is 11.2 Å². The van der Waals surface area contributed by atoms with Gasteiger partial charge in [-0.25, -0.2) is 4.39 Å². The van der Waals surface area contributed by atoms with Crippen LogP contribution < -0.4 is 5.32 Å². The number of ether oxygens (including phenoxy) is 1. The molecule has 23 heavy (non-hydrogen) atoms. The normalized spacial score (nSPS) is 20.8. The molecule has 0 bridgehead atoms. The highest BCUT2D eigenvalue weighted by atomic mass is 19.1. The highest BCUT2D eigenvalue weighted by Gasteiger charge is 2.36. The molecule has 0 radical (unpaired) electrons. The summed E-state index contributed by atoms with van der Waals surface area (Å²) in [5.74, 6) is -0.189. The number of nitrogens with zero attached hydrogens (tertiary/aromatic N) is 1. The lowest BCUT2D eigenvalue weighted by molar-refractivity contribution is 0.176. The van der Waals surface area contributed by atoms with E-state index in [1.807, 2.05) is 12.3 Å². The lowest BCUT2D eigenvalue weighted by Gasteiger charge is -2.28. The first kappa shape index (κ1) is 16.1. The molecule has 0 spiro atoms. The molecule has 1 aromatic heterocycles. The average Bonchev–Trinajstić information content (AvgIpc) is 3.06. The fraction of sp³-hybridized carbons (Fsp3) is 0.421. The van der Waals surface area contributed by atoms with E-state index >= 15 is 0 Å². The van der Waals surface area contributed by atoms with Crippen molar-refractivity contribution < 1.29 is 9.13 Å². The van der Waals surface area contributed by atoms with Gasteiger partial charge in [0.25, 0.3) is 0 Å². The van der Waals surface area contributed by atoms with E-state index in [0.717, 1.165) is 37.3 Å². The average molecular weight is 314 g/mol. The summed E-state index contributed by atoms with van der Waals surface area (Å²) in [7, 11) is 0. The van der Waals surface area contributed by atoms with Crippen molar-refractivity contribution in [1.29, 1.82) is 0 Å². The van der Waals surface area contributed by atoms with E-state index in [1.54, 1.807) is 12.1 Å². The number of aromatic nitrogens is 1. The third-order valence-electron chi connectivity index (χ3n) is 4.60. The predicted octanol–water partition coefficient (Wildman–Crippen LogP) is 3.23. The molecule has 2 heterocycles. The van der Waals surface area contributed by atoms with E-state index in [1.165, 1.54) is 11.6 Å². The highest BCUT2D eigenvalue weighted by Crippen LogP contribution is 2.33. The minimum Gasteiger partial charge on any atom is -0.380 e. The van der Waals surface area contributed by atoms with E-state index in [2.05, 4.69) is 29.4 Å². The van der Waals surface area contributed by atoms with Crippen LogP contribution in [-0.4, -0.2) is 24.7 Å². The maximum absolute atomic E-state index is 13.6. The fourth-order valence-corrected chi connectivity index (χ4v) is 3.09. The summed E-state index contributed by atoms with van der Waals surface area (Å²) in [6, 6.07) is 11.1. The third kappa shape index (κ3) is 3.77. The van der Waals surface area contributed by atoms with Crippen LogP contribution >= 0.6 is 0 Å². The second-order valence-electron chi connectivity index (χ2n) is 6.21. The van der Waals surface area contributed by atoms with Crippen molar-refractivity contribution in [1.82, 2.24) is 10.3 Å². The first-order chi connectivity index (χ1) is 11.2. The molecular formula is C19H23FN2O. The monoisotopic (exact) mass is 314 g/mol. The minimum absolute atomic E-state index is 0.147. The van der Waals surface area contributed by atoms with Crippen LogP contribution in [0.1, 0.15) is 30.2 Å². The van der Waals surface area contributed by atoms with Gasteiger partial charge in [0, 0.05) is 31.3 Å². The van der Waals surface area contributed by atoms with Gasteiger partial charge in [-0.3, -0.25) is 4.98 Å². The van der Waals surface area contributed by atoms with Gasteiger partial charge in [-0.2, -0.15) is 0 Å². The Labute approximate surface area is 136 Å². The van der Waals surface area contributed by atoms with E-state index < -0.39 is 0 Å². The Kier molecular flexibility index (Phi) is 5.03. The van der Waals surface area contributed by atoms with Crippen molar-refractivity contribution in [2.24, 2.45) is 0 Å². The molecule has 1 fully saturated rings. The SMILES string of the molecule is CCc1ccc(CNC[C@]2(c3cccc(F)c3)CCOC2)nc1. The molecule has 3 rings (SSSR count). The molecule has 1 aliphatic rings. The number of hydrogen-bond acceptors (Lipinski definition) is 3. The number of halogens is 1. The lowest BCUT2D eigenvalue weighted by Crippen LogP contribution is -2.38. The minimum atomic E-state index is -0.189. The second-order valence-corrected chi connectivity index (χ2v) is 6.21. The van der Waals surface area contributed by atoms with Gasteiger partial charge in [-0.05, 0) is 42.2 Å². The number of benzene rings is 1. The van der Waals surface area contributed by atoms with Crippen LogP contribution in [-0.2, 0) is 23.1 Å². The van der Waals surface area contributed by atoms with Crippen molar-refractivity contribution >= 4 is 0 Å². The topological polar surface area (TPSA) is 34.1 Å². The molecule has 1 aliphatic heterocycles. The number of hydrogen-bond donors (Lipinski definition) is 1. The van der Waals surface area contributed by atoms with E-state index in [0.29, 0.717) is 13.2 Å². The molecule has 0 amide bonds. The quantitative estimate of drug-likeness (QED) is 0.889. The Morgan fingerprint density at radius 3 is 2.87 bits per heavy atom. The van der Waals surface area contributed by atoms with Gasteiger partial charge in [-0.1, -0.05) is 25.1 Å². The summed E-state index contributed by atoms with van der Waals surface area (Å²) >= 11 is 0. The molecule has 3 nitrogen and oxygen atoms in total. The van der Waals surface area contributed by atoms with Crippen LogP contribution in [0.25, 0.3) is 0 Å². The van der Waals surface area contributed by atoms with Crippen molar-refractivity contribution in [3.05, 3.63) is 65.2 Å². The largest absolute Gasteiger partial charge is 0.380 e. The first-order valence-corrected chi connectivity index (χ1v) is 8.20. The highest BCUT2D eigenvalue weighted by molar-refractivity contribution is 5.28. The van der Waals surface area contributed by atoms with Gasteiger partial charge in [0.1, 0.15) is 5.82 Å². The summed E-state index contributed by atoms with van der Waals surface area (Å²) in [6.07, 6.45) is 3.84. The predicted molar refractivity (Wildman–Crippen MR) is 88.8 cm³/mol. The zero-order valence-electron chi connectivity index (χ0n) is 13.5. The summed E-state index contributed by atoms with van der Waals surface area (Å²) in [5.41, 5.74) is 3.13. The molecule has 0 unspecified atom stereocenters. The van der Waals surface area contributed by atoms with Crippen LogP contribution in [0.5, 0.6) is 0 Å². The summed E-state index contributed by atoms with van der Waals surface area (Å²) in [5, 5.41) is 3.47. The Bertz CT molecular complexity index is 636. The summed E-state index contributed by atoms with van der Waals surface area (Å²) in [6.45, 7) is 4.94. The fourth-order valence-electron chi connectivity index (χ4n) is 3.09. The van der Waals surface area contributed by atoms with Gasteiger partial charge in [0.15, 0.2) is 0 Å². The van der Waals surface area contributed by atoms with E-state index in [9.17, 15) is 4.39 Å². The molecule has 1 aromatic carbocycles. The molecule has 2 aromatic rings. The standard InChI is InChI=1S/C19H23FN2O/c1-2-15-6-7-18(22-11-15)12-21-13-19(8-9-23-14-19)16-4-3-5-17(20)10-16/h3-7,10-11,21H,2,8-9,12-14H2,1H3/t19-/m1/s1. The Morgan fingerprint density at radius 1 is 1.30 bits per heavy atom. The van der Waals surface area contributed by atoms with Crippen LogP contribution in [0.3, 0.4) is 0 Å². The maximum Gasteiger partial charge on any atom is 0.123 e. The molecular weight excluding hydrogens is 291 g/mol. The molecule has 0 saturated carbocycles. The lowest BCUT2D eigenvalue weighted by atomic mass is 9.79. The molecule has 1 N–H and O–H groups in total. The van der Waals surface area contributed by atoms with Crippen LogP contribution in [0, 0.1) is 5.82 Å².